The molecule has 1 amide bonds. The van der Waals surface area contributed by atoms with Crippen molar-refractivity contribution in [1.29, 1.82) is 0 Å². The van der Waals surface area contributed by atoms with Crippen LogP contribution in [0.1, 0.15) is 0 Å². The van der Waals surface area contributed by atoms with Gasteiger partial charge < -0.3 is 15.4 Å². The number of sulfonamides is 1. The Morgan fingerprint density at radius 2 is 1.74 bits per heavy atom. The molecule has 162 valence electrons. The number of halogens is 2. The maximum atomic E-state index is 12.7. The highest BCUT2D eigenvalue weighted by Crippen LogP contribution is 2.28. The zero-order valence-electron chi connectivity index (χ0n) is 16.4. The van der Waals surface area contributed by atoms with Gasteiger partial charge in [-0.3, -0.25) is 9.52 Å². The molecule has 0 aliphatic heterocycles. The molecule has 0 bridgehead atoms. The molecule has 10 heteroatoms. The quantitative estimate of drug-likeness (QED) is 0.428. The second kappa shape index (κ2) is 9.91. The number of para-hydroxylation sites is 1. The molecule has 0 unspecified atom stereocenters. The van der Waals surface area contributed by atoms with E-state index < -0.39 is 10.0 Å². The minimum absolute atomic E-state index is 0.0188. The lowest BCUT2D eigenvalue weighted by molar-refractivity contribution is -0.114. The Kier molecular flexibility index (Phi) is 7.27. The van der Waals surface area contributed by atoms with Gasteiger partial charge in [-0.1, -0.05) is 41.4 Å². The standard InChI is InChI=1S/C21H19Cl2N3O4S/c1-30-20-10-9-14(22)11-19(20)24-13-21(27)25-15-5-4-6-16(12-15)31(28,29)26-18-8-3-2-7-17(18)23/h2-12,24,26H,13H2,1H3,(H,25,27). The molecule has 0 aliphatic rings. The molecular formula is C21H19Cl2N3O4S. The van der Waals surface area contributed by atoms with Crippen LogP contribution in [0.3, 0.4) is 0 Å². The van der Waals surface area contributed by atoms with Gasteiger partial charge in [0.2, 0.25) is 5.91 Å². The fourth-order valence-corrected chi connectivity index (χ4v) is 4.22. The Morgan fingerprint density at radius 3 is 2.48 bits per heavy atom. The van der Waals surface area contributed by atoms with Crippen LogP contribution in [0.5, 0.6) is 5.75 Å². The lowest BCUT2D eigenvalue weighted by Gasteiger charge is -2.13. The largest absolute Gasteiger partial charge is 0.495 e. The maximum absolute atomic E-state index is 12.7. The Bertz CT molecular complexity index is 1200. The van der Waals surface area contributed by atoms with Crippen LogP contribution in [-0.2, 0) is 14.8 Å². The molecule has 3 rings (SSSR count). The van der Waals surface area contributed by atoms with Crippen LogP contribution < -0.4 is 20.1 Å². The van der Waals surface area contributed by atoms with Crippen molar-refractivity contribution < 1.29 is 17.9 Å². The van der Waals surface area contributed by atoms with Gasteiger partial charge >= 0.3 is 0 Å². The highest BCUT2D eigenvalue weighted by atomic mass is 35.5. The molecule has 0 fully saturated rings. The number of hydrogen-bond acceptors (Lipinski definition) is 5. The van der Waals surface area contributed by atoms with E-state index in [-0.39, 0.29) is 28.1 Å². The molecule has 0 spiro atoms. The molecule has 0 radical (unpaired) electrons. The van der Waals surface area contributed by atoms with Crippen molar-refractivity contribution >= 4 is 56.2 Å². The van der Waals surface area contributed by atoms with Crippen molar-refractivity contribution in [1.82, 2.24) is 0 Å². The summed E-state index contributed by atoms with van der Waals surface area (Å²) in [5.74, 6) is 0.159. The molecule has 0 saturated carbocycles. The number of amides is 1. The van der Waals surface area contributed by atoms with E-state index in [0.29, 0.717) is 22.1 Å². The number of rotatable bonds is 8. The smallest absolute Gasteiger partial charge is 0.262 e. The fourth-order valence-electron chi connectivity index (χ4n) is 2.69. The van der Waals surface area contributed by atoms with Gasteiger partial charge in [-0.25, -0.2) is 8.42 Å². The van der Waals surface area contributed by atoms with Gasteiger partial charge in [0.1, 0.15) is 5.75 Å². The SMILES string of the molecule is COc1ccc(Cl)cc1NCC(=O)Nc1cccc(S(=O)(=O)Nc2ccccc2Cl)c1. The first-order chi connectivity index (χ1) is 14.8. The average molecular weight is 480 g/mol. The fraction of sp³-hybridized carbons (Fsp3) is 0.0952. The van der Waals surface area contributed by atoms with Gasteiger partial charge in [-0.15, -0.1) is 0 Å². The van der Waals surface area contributed by atoms with Gasteiger partial charge in [0.25, 0.3) is 10.0 Å². The summed E-state index contributed by atoms with van der Waals surface area (Å²) in [7, 11) is -2.38. The van der Waals surface area contributed by atoms with Crippen molar-refractivity contribution in [2.24, 2.45) is 0 Å². The number of anilines is 3. The van der Waals surface area contributed by atoms with E-state index in [1.165, 1.54) is 25.3 Å². The van der Waals surface area contributed by atoms with E-state index in [9.17, 15) is 13.2 Å². The third-order valence-corrected chi connectivity index (χ3v) is 6.08. The number of hydrogen-bond donors (Lipinski definition) is 3. The second-order valence-electron chi connectivity index (χ2n) is 6.36. The predicted molar refractivity (Wildman–Crippen MR) is 124 cm³/mol. The molecule has 0 aromatic heterocycles. The molecule has 3 aromatic carbocycles. The normalized spacial score (nSPS) is 10.9. The number of nitrogens with one attached hydrogen (secondary N) is 3. The Balaban J connectivity index is 1.68. The first kappa shape index (κ1) is 22.7. The van der Waals surface area contributed by atoms with Gasteiger partial charge in [-0.2, -0.15) is 0 Å². The summed E-state index contributed by atoms with van der Waals surface area (Å²) in [6.45, 7) is -0.0778. The number of ether oxygens (including phenoxy) is 1. The van der Waals surface area contributed by atoms with Crippen LogP contribution in [0.2, 0.25) is 10.0 Å². The molecule has 0 atom stereocenters. The van der Waals surface area contributed by atoms with Crippen molar-refractivity contribution in [3.05, 3.63) is 76.8 Å². The molecule has 31 heavy (non-hydrogen) atoms. The third kappa shape index (κ3) is 6.04. The molecule has 3 N–H and O–H groups in total. The number of benzene rings is 3. The van der Waals surface area contributed by atoms with Crippen molar-refractivity contribution in [3.63, 3.8) is 0 Å². The van der Waals surface area contributed by atoms with Gasteiger partial charge in [0.05, 0.1) is 34.9 Å². The molecule has 0 saturated heterocycles. The molecule has 0 heterocycles. The zero-order chi connectivity index (χ0) is 22.4. The first-order valence-corrected chi connectivity index (χ1v) is 11.3. The van der Waals surface area contributed by atoms with E-state index in [2.05, 4.69) is 15.4 Å². The minimum Gasteiger partial charge on any atom is -0.495 e. The Morgan fingerprint density at radius 1 is 0.968 bits per heavy atom. The van der Waals surface area contributed by atoms with E-state index in [0.717, 1.165) is 0 Å². The van der Waals surface area contributed by atoms with E-state index >= 15 is 0 Å². The van der Waals surface area contributed by atoms with Crippen LogP contribution in [-0.4, -0.2) is 28.0 Å². The molecule has 0 aliphatic carbocycles. The summed E-state index contributed by atoms with van der Waals surface area (Å²) >= 11 is 12.0. The summed E-state index contributed by atoms with van der Waals surface area (Å²) in [5.41, 5.74) is 1.15. The summed E-state index contributed by atoms with van der Waals surface area (Å²) in [6.07, 6.45) is 0. The van der Waals surface area contributed by atoms with Crippen LogP contribution in [0, 0.1) is 0 Å². The van der Waals surface area contributed by atoms with Crippen molar-refractivity contribution in [2.45, 2.75) is 4.90 Å². The highest BCUT2D eigenvalue weighted by molar-refractivity contribution is 7.92. The molecule has 3 aromatic rings. The average Bonchev–Trinajstić information content (AvgIpc) is 2.74. The van der Waals surface area contributed by atoms with E-state index in [1.807, 2.05) is 0 Å². The lowest BCUT2D eigenvalue weighted by Crippen LogP contribution is -2.22. The van der Waals surface area contributed by atoms with Crippen LogP contribution in [0.25, 0.3) is 0 Å². The summed E-state index contributed by atoms with van der Waals surface area (Å²) in [4.78, 5) is 12.3. The zero-order valence-corrected chi connectivity index (χ0v) is 18.7. The van der Waals surface area contributed by atoms with Crippen LogP contribution >= 0.6 is 23.2 Å². The van der Waals surface area contributed by atoms with E-state index in [1.54, 1.807) is 48.5 Å². The Labute approximate surface area is 190 Å². The first-order valence-electron chi connectivity index (χ1n) is 9.03. The predicted octanol–water partition coefficient (Wildman–Crippen LogP) is 4.85. The number of carbonyl (C=O) groups excluding carboxylic acids is 1. The van der Waals surface area contributed by atoms with E-state index in [4.69, 9.17) is 27.9 Å². The van der Waals surface area contributed by atoms with Crippen LogP contribution in [0.15, 0.2) is 71.6 Å². The Hall–Kier alpha value is -2.94. The third-order valence-electron chi connectivity index (χ3n) is 4.15. The van der Waals surface area contributed by atoms with Gasteiger partial charge in [-0.05, 0) is 48.5 Å². The minimum atomic E-state index is -3.90. The van der Waals surface area contributed by atoms with Gasteiger partial charge in [0.15, 0.2) is 0 Å². The summed E-state index contributed by atoms with van der Waals surface area (Å²) in [6, 6.07) is 17.4. The topological polar surface area (TPSA) is 96.5 Å². The summed E-state index contributed by atoms with van der Waals surface area (Å²) < 4.78 is 33.0. The monoisotopic (exact) mass is 479 g/mol. The molecular weight excluding hydrogens is 461 g/mol. The highest BCUT2D eigenvalue weighted by Gasteiger charge is 2.16. The van der Waals surface area contributed by atoms with Crippen molar-refractivity contribution in [2.75, 3.05) is 29.0 Å². The van der Waals surface area contributed by atoms with Gasteiger partial charge in [0, 0.05) is 10.7 Å². The van der Waals surface area contributed by atoms with Crippen LogP contribution in [0.4, 0.5) is 17.1 Å². The number of carbonyl (C=O) groups is 1. The van der Waals surface area contributed by atoms with Crippen molar-refractivity contribution in [3.8, 4) is 5.75 Å². The lowest BCUT2D eigenvalue weighted by atomic mass is 10.3. The maximum Gasteiger partial charge on any atom is 0.262 e. The second-order valence-corrected chi connectivity index (χ2v) is 8.89. The number of methoxy groups -OCH3 is 1. The summed E-state index contributed by atoms with van der Waals surface area (Å²) in [5, 5.41) is 6.37. The molecule has 7 nitrogen and oxygen atoms in total.